The summed E-state index contributed by atoms with van der Waals surface area (Å²) in [6, 6.07) is 12.9. The maximum atomic E-state index is 12.4. The van der Waals surface area contributed by atoms with E-state index in [1.807, 2.05) is 55.4 Å². The van der Waals surface area contributed by atoms with Crippen molar-refractivity contribution < 1.29 is 17.9 Å². The van der Waals surface area contributed by atoms with Gasteiger partial charge in [0.2, 0.25) is 10.0 Å². The molecule has 0 amide bonds. The standard InChI is InChI=1S/C20H25N3O4S/c1-22(2)16-9-6-14(7-10-16)18-13-17(21-23(18)28(5,24)25)15-8-11-19(26-3)20(12-15)27-4/h6-12,18H,13H2,1-5H3/t18-/m0/s1. The molecule has 0 N–H and O–H groups in total. The van der Waals surface area contributed by atoms with Crippen LogP contribution < -0.4 is 14.4 Å². The van der Waals surface area contributed by atoms with E-state index >= 15 is 0 Å². The van der Waals surface area contributed by atoms with Gasteiger partial charge in [-0.1, -0.05) is 12.1 Å². The predicted molar refractivity (Wildman–Crippen MR) is 111 cm³/mol. The lowest BCUT2D eigenvalue weighted by Crippen LogP contribution is -2.26. The van der Waals surface area contributed by atoms with Gasteiger partial charge in [-0.05, 0) is 35.9 Å². The summed E-state index contributed by atoms with van der Waals surface area (Å²) in [6.45, 7) is 0. The van der Waals surface area contributed by atoms with Crippen molar-refractivity contribution in [1.82, 2.24) is 4.41 Å². The molecule has 0 aromatic heterocycles. The van der Waals surface area contributed by atoms with Gasteiger partial charge in [0, 0.05) is 31.8 Å². The second-order valence-electron chi connectivity index (χ2n) is 6.86. The molecule has 0 saturated carbocycles. The third kappa shape index (κ3) is 3.91. The monoisotopic (exact) mass is 403 g/mol. The molecule has 1 aliphatic rings. The van der Waals surface area contributed by atoms with Gasteiger partial charge >= 0.3 is 0 Å². The number of nitrogens with zero attached hydrogens (tertiary/aromatic N) is 3. The van der Waals surface area contributed by atoms with E-state index in [1.165, 1.54) is 10.7 Å². The highest BCUT2D eigenvalue weighted by atomic mass is 32.2. The van der Waals surface area contributed by atoms with E-state index in [4.69, 9.17) is 9.47 Å². The number of anilines is 1. The molecule has 0 bridgehead atoms. The lowest BCUT2D eigenvalue weighted by molar-refractivity contribution is 0.355. The van der Waals surface area contributed by atoms with Crippen molar-refractivity contribution in [1.29, 1.82) is 0 Å². The number of hydrazone groups is 1. The molecular weight excluding hydrogens is 378 g/mol. The summed E-state index contributed by atoms with van der Waals surface area (Å²) in [5, 5.41) is 4.43. The van der Waals surface area contributed by atoms with E-state index < -0.39 is 10.0 Å². The van der Waals surface area contributed by atoms with Crippen LogP contribution in [0, 0.1) is 0 Å². The fraction of sp³-hybridized carbons (Fsp3) is 0.350. The van der Waals surface area contributed by atoms with Gasteiger partial charge in [0.1, 0.15) is 0 Å². The Bertz CT molecular complexity index is 985. The molecule has 1 heterocycles. The summed E-state index contributed by atoms with van der Waals surface area (Å²) in [5.41, 5.74) is 3.44. The molecule has 0 saturated heterocycles. The zero-order chi connectivity index (χ0) is 20.5. The van der Waals surface area contributed by atoms with Crippen molar-refractivity contribution in [2.24, 2.45) is 5.10 Å². The van der Waals surface area contributed by atoms with Crippen LogP contribution in [0.3, 0.4) is 0 Å². The van der Waals surface area contributed by atoms with Crippen LogP contribution in [0.5, 0.6) is 11.5 Å². The van der Waals surface area contributed by atoms with Crippen LogP contribution in [0.25, 0.3) is 0 Å². The number of ether oxygens (including phenoxy) is 2. The van der Waals surface area contributed by atoms with Crippen molar-refractivity contribution in [2.45, 2.75) is 12.5 Å². The van der Waals surface area contributed by atoms with E-state index in [0.717, 1.165) is 16.8 Å². The molecule has 0 spiro atoms. The molecule has 150 valence electrons. The average Bonchev–Trinajstić information content (AvgIpc) is 3.13. The molecule has 0 aliphatic carbocycles. The average molecular weight is 404 g/mol. The van der Waals surface area contributed by atoms with Crippen molar-refractivity contribution in [3.63, 3.8) is 0 Å². The number of methoxy groups -OCH3 is 2. The van der Waals surface area contributed by atoms with Crippen LogP contribution in [0.1, 0.15) is 23.6 Å². The fourth-order valence-electron chi connectivity index (χ4n) is 3.23. The Morgan fingerprint density at radius 3 is 2.21 bits per heavy atom. The quantitative estimate of drug-likeness (QED) is 0.742. The summed E-state index contributed by atoms with van der Waals surface area (Å²) in [6.07, 6.45) is 1.65. The molecule has 3 rings (SSSR count). The Morgan fingerprint density at radius 2 is 1.68 bits per heavy atom. The normalized spacial score (nSPS) is 16.7. The van der Waals surface area contributed by atoms with E-state index in [9.17, 15) is 8.42 Å². The van der Waals surface area contributed by atoms with Gasteiger partial charge < -0.3 is 14.4 Å². The Morgan fingerprint density at radius 1 is 1.04 bits per heavy atom. The van der Waals surface area contributed by atoms with Gasteiger partial charge in [0.05, 0.1) is 32.2 Å². The smallest absolute Gasteiger partial charge is 0.247 e. The van der Waals surface area contributed by atoms with Gasteiger partial charge in [-0.3, -0.25) is 0 Å². The summed E-state index contributed by atoms with van der Waals surface area (Å²) in [7, 11) is 3.55. The van der Waals surface area contributed by atoms with Crippen LogP contribution in [-0.2, 0) is 10.0 Å². The Balaban J connectivity index is 1.97. The lowest BCUT2D eigenvalue weighted by atomic mass is 9.98. The number of hydrogen-bond donors (Lipinski definition) is 0. The zero-order valence-corrected chi connectivity index (χ0v) is 17.5. The third-order valence-electron chi connectivity index (χ3n) is 4.72. The van der Waals surface area contributed by atoms with Crippen LogP contribution in [0.15, 0.2) is 47.6 Å². The molecule has 8 heteroatoms. The van der Waals surface area contributed by atoms with E-state index in [2.05, 4.69) is 5.10 Å². The van der Waals surface area contributed by atoms with Gasteiger partial charge in [0.25, 0.3) is 0 Å². The van der Waals surface area contributed by atoms with Crippen LogP contribution in [0.2, 0.25) is 0 Å². The molecule has 0 unspecified atom stereocenters. The second-order valence-corrected chi connectivity index (χ2v) is 8.70. The number of sulfonamides is 1. The van der Waals surface area contributed by atoms with E-state index in [0.29, 0.717) is 23.6 Å². The molecular formula is C20H25N3O4S. The molecule has 0 fully saturated rings. The summed E-state index contributed by atoms with van der Waals surface area (Å²) in [4.78, 5) is 2.00. The molecule has 28 heavy (non-hydrogen) atoms. The third-order valence-corrected chi connectivity index (χ3v) is 5.74. The highest BCUT2D eigenvalue weighted by Gasteiger charge is 2.34. The maximum absolute atomic E-state index is 12.4. The first-order valence-electron chi connectivity index (χ1n) is 8.81. The topological polar surface area (TPSA) is 71.4 Å². The van der Waals surface area contributed by atoms with Gasteiger partial charge in [0.15, 0.2) is 11.5 Å². The molecule has 1 atom stereocenters. The summed E-state index contributed by atoms with van der Waals surface area (Å²) < 4.78 is 36.6. The van der Waals surface area contributed by atoms with Crippen molar-refractivity contribution in [2.75, 3.05) is 39.5 Å². The minimum absolute atomic E-state index is 0.380. The molecule has 7 nitrogen and oxygen atoms in total. The van der Waals surface area contributed by atoms with E-state index in [1.54, 1.807) is 20.3 Å². The van der Waals surface area contributed by atoms with Crippen molar-refractivity contribution in [3.05, 3.63) is 53.6 Å². The SMILES string of the molecule is COc1ccc(C2=NN(S(C)(=O)=O)[C@H](c3ccc(N(C)C)cc3)C2)cc1OC. The first kappa shape index (κ1) is 20.0. The molecule has 1 aliphatic heterocycles. The second kappa shape index (κ2) is 7.71. The fourth-order valence-corrected chi connectivity index (χ4v) is 4.13. The Kier molecular flexibility index (Phi) is 5.51. The first-order chi connectivity index (χ1) is 13.2. The van der Waals surface area contributed by atoms with Crippen molar-refractivity contribution in [3.8, 4) is 11.5 Å². The Labute approximate surface area is 166 Å². The van der Waals surface area contributed by atoms with Crippen LogP contribution >= 0.6 is 0 Å². The first-order valence-corrected chi connectivity index (χ1v) is 10.7. The summed E-state index contributed by atoms with van der Waals surface area (Å²) >= 11 is 0. The van der Waals surface area contributed by atoms with Gasteiger partial charge in [-0.15, -0.1) is 0 Å². The maximum Gasteiger partial charge on any atom is 0.247 e. The molecule has 2 aromatic rings. The number of benzene rings is 2. The van der Waals surface area contributed by atoms with Gasteiger partial charge in [-0.25, -0.2) is 8.42 Å². The van der Waals surface area contributed by atoms with E-state index in [-0.39, 0.29) is 6.04 Å². The minimum atomic E-state index is -3.52. The molecule has 2 aromatic carbocycles. The predicted octanol–water partition coefficient (Wildman–Crippen LogP) is 2.88. The highest BCUT2D eigenvalue weighted by Crippen LogP contribution is 2.37. The van der Waals surface area contributed by atoms with Crippen LogP contribution in [-0.4, -0.2) is 53.1 Å². The summed E-state index contributed by atoms with van der Waals surface area (Å²) in [5.74, 6) is 1.19. The molecule has 0 radical (unpaired) electrons. The highest BCUT2D eigenvalue weighted by molar-refractivity contribution is 7.88. The minimum Gasteiger partial charge on any atom is -0.493 e. The van der Waals surface area contributed by atoms with Gasteiger partial charge in [-0.2, -0.15) is 9.52 Å². The van der Waals surface area contributed by atoms with Crippen LogP contribution in [0.4, 0.5) is 5.69 Å². The zero-order valence-electron chi connectivity index (χ0n) is 16.7. The Hall–Kier alpha value is -2.74. The largest absolute Gasteiger partial charge is 0.493 e. The number of rotatable bonds is 6. The lowest BCUT2D eigenvalue weighted by Gasteiger charge is -2.22. The number of hydrogen-bond acceptors (Lipinski definition) is 6. The van der Waals surface area contributed by atoms with Crippen molar-refractivity contribution >= 4 is 21.4 Å².